The summed E-state index contributed by atoms with van der Waals surface area (Å²) in [4.78, 5) is 21.4. The first-order valence-corrected chi connectivity index (χ1v) is 10.8. The van der Waals surface area contributed by atoms with E-state index >= 15 is 0 Å². The minimum Gasteiger partial charge on any atom is -0.418 e. The van der Waals surface area contributed by atoms with E-state index in [1.807, 2.05) is 11.8 Å². The van der Waals surface area contributed by atoms with E-state index < -0.39 is 5.91 Å². The van der Waals surface area contributed by atoms with E-state index in [0.717, 1.165) is 51.9 Å². The highest BCUT2D eigenvalue weighted by Crippen LogP contribution is 2.27. The van der Waals surface area contributed by atoms with Crippen LogP contribution in [-0.2, 0) is 11.3 Å². The van der Waals surface area contributed by atoms with Crippen LogP contribution in [0.2, 0.25) is 0 Å². The fourth-order valence-electron chi connectivity index (χ4n) is 4.02. The van der Waals surface area contributed by atoms with Crippen molar-refractivity contribution in [3.63, 3.8) is 0 Å². The summed E-state index contributed by atoms with van der Waals surface area (Å²) in [5, 5.41) is 2.74. The molecule has 1 N–H and O–H groups in total. The van der Waals surface area contributed by atoms with Crippen LogP contribution in [0, 0.1) is 5.82 Å². The van der Waals surface area contributed by atoms with Crippen LogP contribution in [0.4, 0.5) is 21.8 Å². The minimum atomic E-state index is -0.451. The van der Waals surface area contributed by atoms with E-state index in [2.05, 4.69) is 15.2 Å². The fraction of sp³-hybridized carbons (Fsp3) is 0.545. The quantitative estimate of drug-likeness (QED) is 0.730. The second kappa shape index (κ2) is 9.47. The lowest BCUT2D eigenvalue weighted by Crippen LogP contribution is -2.30. The fourth-order valence-corrected chi connectivity index (χ4v) is 4.02. The third-order valence-electron chi connectivity index (χ3n) is 5.61. The normalized spacial score (nSPS) is 16.9. The number of anilines is 3. The number of hydrogen-bond acceptors (Lipinski definition) is 6. The number of rotatable bonds is 7. The van der Waals surface area contributed by atoms with Crippen LogP contribution in [0.1, 0.15) is 55.3 Å². The van der Waals surface area contributed by atoms with Gasteiger partial charge in [0, 0.05) is 38.5 Å². The van der Waals surface area contributed by atoms with E-state index in [0.29, 0.717) is 29.7 Å². The van der Waals surface area contributed by atoms with Crippen LogP contribution < -0.4 is 15.1 Å². The summed E-state index contributed by atoms with van der Waals surface area (Å²) in [6.45, 7) is 6.03. The van der Waals surface area contributed by atoms with Crippen molar-refractivity contribution in [1.29, 1.82) is 0 Å². The Balaban J connectivity index is 1.50. The van der Waals surface area contributed by atoms with Gasteiger partial charge in [-0.2, -0.15) is 4.98 Å². The molecule has 7 nitrogen and oxygen atoms in total. The zero-order valence-corrected chi connectivity index (χ0v) is 17.5. The number of halogens is 1. The third kappa shape index (κ3) is 4.59. The van der Waals surface area contributed by atoms with E-state index in [1.165, 1.54) is 12.5 Å². The van der Waals surface area contributed by atoms with Gasteiger partial charge in [-0.15, -0.1) is 0 Å². The average Bonchev–Trinajstić information content (AvgIpc) is 3.43. The van der Waals surface area contributed by atoms with Gasteiger partial charge >= 0.3 is 0 Å². The lowest BCUT2D eigenvalue weighted by molar-refractivity contribution is 0.0981. The van der Waals surface area contributed by atoms with E-state index in [-0.39, 0.29) is 18.2 Å². The van der Waals surface area contributed by atoms with Crippen LogP contribution in [0.5, 0.6) is 0 Å². The summed E-state index contributed by atoms with van der Waals surface area (Å²) < 4.78 is 25.9. The largest absolute Gasteiger partial charge is 0.418 e. The molecule has 8 heteroatoms. The van der Waals surface area contributed by atoms with Crippen LogP contribution >= 0.6 is 0 Å². The van der Waals surface area contributed by atoms with Gasteiger partial charge in [-0.25, -0.2) is 4.39 Å². The topological polar surface area (TPSA) is 70.8 Å². The zero-order valence-electron chi connectivity index (χ0n) is 17.5. The van der Waals surface area contributed by atoms with Crippen molar-refractivity contribution < 1.29 is 18.3 Å². The maximum atomic E-state index is 14.7. The maximum Gasteiger partial charge on any atom is 0.298 e. The van der Waals surface area contributed by atoms with Crippen LogP contribution in [0.3, 0.4) is 0 Å². The number of benzene rings is 1. The van der Waals surface area contributed by atoms with Crippen molar-refractivity contribution in [2.45, 2.75) is 45.6 Å². The Morgan fingerprint density at radius 2 is 1.83 bits per heavy atom. The average molecular weight is 416 g/mol. The number of carbonyl (C=O) groups excluding carboxylic acids is 1. The molecule has 4 rings (SSSR count). The predicted molar refractivity (Wildman–Crippen MR) is 114 cm³/mol. The maximum absolute atomic E-state index is 14.7. The number of amides is 1. The van der Waals surface area contributed by atoms with Gasteiger partial charge < -0.3 is 24.3 Å². The first kappa shape index (κ1) is 20.7. The summed E-state index contributed by atoms with van der Waals surface area (Å²) in [6, 6.07) is 5.26. The molecule has 2 aliphatic rings. The first-order chi connectivity index (χ1) is 14.7. The second-order valence-corrected chi connectivity index (χ2v) is 7.77. The van der Waals surface area contributed by atoms with E-state index in [1.54, 1.807) is 12.1 Å². The molecule has 0 aliphatic carbocycles. The monoisotopic (exact) mass is 416 g/mol. The predicted octanol–water partition coefficient (Wildman–Crippen LogP) is 4.19. The number of nitrogens with one attached hydrogen (secondary N) is 1. The molecular formula is C22H29FN4O3. The van der Waals surface area contributed by atoms with E-state index in [4.69, 9.17) is 9.15 Å². The molecule has 0 atom stereocenters. The van der Waals surface area contributed by atoms with Gasteiger partial charge in [0.25, 0.3) is 11.9 Å². The van der Waals surface area contributed by atoms with Crippen molar-refractivity contribution in [1.82, 2.24) is 4.98 Å². The Hall–Kier alpha value is -2.61. The van der Waals surface area contributed by atoms with Crippen molar-refractivity contribution in [3.8, 4) is 0 Å². The van der Waals surface area contributed by atoms with Crippen molar-refractivity contribution in [2.24, 2.45) is 0 Å². The molecule has 162 valence electrons. The van der Waals surface area contributed by atoms with Gasteiger partial charge in [0.1, 0.15) is 11.5 Å². The number of hydrogen-bond donors (Lipinski definition) is 1. The summed E-state index contributed by atoms with van der Waals surface area (Å²) in [6.07, 6.45) is 5.49. The van der Waals surface area contributed by atoms with E-state index in [9.17, 15) is 9.18 Å². The highest BCUT2D eigenvalue weighted by atomic mass is 19.1. The SMILES string of the molecule is CCOCc1nc(N2CCCC2)oc1C(=O)Nc1ccc(N2CCCCC2)c(F)c1. The van der Waals surface area contributed by atoms with Gasteiger partial charge in [0.15, 0.2) is 0 Å². The lowest BCUT2D eigenvalue weighted by Gasteiger charge is -2.29. The van der Waals surface area contributed by atoms with Gasteiger partial charge in [-0.3, -0.25) is 4.79 Å². The molecule has 0 bridgehead atoms. The van der Waals surface area contributed by atoms with Crippen molar-refractivity contribution >= 4 is 23.3 Å². The second-order valence-electron chi connectivity index (χ2n) is 7.77. The molecule has 0 spiro atoms. The van der Waals surface area contributed by atoms with Crippen molar-refractivity contribution in [2.75, 3.05) is 47.9 Å². The first-order valence-electron chi connectivity index (χ1n) is 10.8. The number of aromatic nitrogens is 1. The molecule has 30 heavy (non-hydrogen) atoms. The minimum absolute atomic E-state index is 0.117. The molecular weight excluding hydrogens is 387 g/mol. The molecule has 0 saturated carbocycles. The Morgan fingerprint density at radius 1 is 1.13 bits per heavy atom. The third-order valence-corrected chi connectivity index (χ3v) is 5.61. The molecule has 1 aromatic carbocycles. The number of piperidine rings is 1. The van der Waals surface area contributed by atoms with Gasteiger partial charge in [-0.1, -0.05) is 0 Å². The number of carbonyl (C=O) groups is 1. The smallest absolute Gasteiger partial charge is 0.298 e. The summed E-state index contributed by atoms with van der Waals surface area (Å²) in [5.74, 6) is -0.668. The molecule has 0 unspecified atom stereocenters. The Morgan fingerprint density at radius 3 is 2.53 bits per heavy atom. The van der Waals surface area contributed by atoms with Gasteiger partial charge in [0.05, 0.1) is 12.3 Å². The molecule has 2 aliphatic heterocycles. The molecule has 2 saturated heterocycles. The Labute approximate surface area is 176 Å². The lowest BCUT2D eigenvalue weighted by atomic mass is 10.1. The van der Waals surface area contributed by atoms with Crippen molar-refractivity contribution in [3.05, 3.63) is 35.5 Å². The summed E-state index contributed by atoms with van der Waals surface area (Å²) in [5.41, 5.74) is 1.43. The number of ether oxygens (including phenoxy) is 1. The standard InChI is InChI=1S/C22H29FN4O3/c1-2-29-15-18-20(30-22(25-18)27-12-6-7-13-27)21(28)24-16-8-9-19(17(23)14-16)26-10-4-3-5-11-26/h8-9,14H,2-7,10-13,15H2,1H3,(H,24,28). The van der Waals surface area contributed by atoms with Gasteiger partial charge in [0.2, 0.25) is 5.76 Å². The van der Waals surface area contributed by atoms with Gasteiger partial charge in [-0.05, 0) is 57.2 Å². The Bertz CT molecular complexity index is 873. The van der Waals surface area contributed by atoms with Crippen LogP contribution in [-0.4, -0.2) is 43.7 Å². The van der Waals surface area contributed by atoms with Crippen LogP contribution in [0.25, 0.3) is 0 Å². The summed E-state index contributed by atoms with van der Waals surface area (Å²) >= 11 is 0. The number of nitrogens with zero attached hydrogens (tertiary/aromatic N) is 3. The Kier molecular flexibility index (Phi) is 6.52. The molecule has 3 heterocycles. The molecule has 2 aromatic rings. The molecule has 0 radical (unpaired) electrons. The number of oxazole rings is 1. The highest BCUT2D eigenvalue weighted by molar-refractivity contribution is 6.03. The highest BCUT2D eigenvalue weighted by Gasteiger charge is 2.25. The molecule has 1 aromatic heterocycles. The van der Waals surface area contributed by atoms with Crippen LogP contribution in [0.15, 0.2) is 22.6 Å². The molecule has 2 fully saturated rings. The summed E-state index contributed by atoms with van der Waals surface area (Å²) in [7, 11) is 0. The zero-order chi connectivity index (χ0) is 20.9. The molecule has 1 amide bonds.